The molecular formula is C14H20BFO3. The number of rotatable bonds is 2. The third-order valence-electron chi connectivity index (χ3n) is 4.07. The number of methoxy groups -OCH3 is 1. The average molecular weight is 266 g/mol. The summed E-state index contributed by atoms with van der Waals surface area (Å²) in [6, 6.07) is 3.42. The van der Waals surface area contributed by atoms with Crippen molar-refractivity contribution < 1.29 is 18.4 Å². The summed E-state index contributed by atoms with van der Waals surface area (Å²) in [7, 11) is 0.738. The van der Waals surface area contributed by atoms with Gasteiger partial charge in [-0.1, -0.05) is 6.07 Å². The zero-order valence-corrected chi connectivity index (χ0v) is 12.3. The van der Waals surface area contributed by atoms with Crippen LogP contribution in [0.5, 0.6) is 5.75 Å². The minimum atomic E-state index is -0.708. The van der Waals surface area contributed by atoms with E-state index in [0.29, 0.717) is 5.46 Å². The van der Waals surface area contributed by atoms with Crippen molar-refractivity contribution >= 4 is 12.6 Å². The predicted octanol–water partition coefficient (Wildman–Crippen LogP) is 2.44. The molecule has 0 unspecified atom stereocenters. The molecule has 3 nitrogen and oxygen atoms in total. The van der Waals surface area contributed by atoms with E-state index in [1.807, 2.05) is 40.7 Å². The van der Waals surface area contributed by atoms with E-state index in [4.69, 9.17) is 14.0 Å². The molecule has 0 atom stereocenters. The van der Waals surface area contributed by atoms with E-state index >= 15 is 0 Å². The van der Waals surface area contributed by atoms with Crippen molar-refractivity contribution in [1.29, 1.82) is 0 Å². The molecule has 0 bridgehead atoms. The Balaban J connectivity index is 2.45. The lowest BCUT2D eigenvalue weighted by Crippen LogP contribution is -2.41. The molecule has 1 aliphatic heterocycles. The maximum atomic E-state index is 14.4. The van der Waals surface area contributed by atoms with Crippen molar-refractivity contribution in [2.45, 2.75) is 45.8 Å². The molecule has 1 aromatic carbocycles. The molecule has 1 heterocycles. The standard InChI is InChI=1S/C14H20BFO3/c1-9-7-8-10(17-6)12(16)11(9)15-18-13(2,3)14(4,5)19-15/h7-8H,1-6H3. The Hall–Kier alpha value is -1.07. The van der Waals surface area contributed by atoms with Crippen molar-refractivity contribution in [2.75, 3.05) is 7.11 Å². The Kier molecular flexibility index (Phi) is 3.39. The van der Waals surface area contributed by atoms with Gasteiger partial charge in [-0.05, 0) is 46.2 Å². The molecule has 0 aliphatic carbocycles. The second-order valence-corrected chi connectivity index (χ2v) is 5.90. The molecule has 1 fully saturated rings. The van der Waals surface area contributed by atoms with Gasteiger partial charge in [0.15, 0.2) is 11.6 Å². The molecule has 1 aliphatic rings. The summed E-state index contributed by atoms with van der Waals surface area (Å²) in [4.78, 5) is 0. The lowest BCUT2D eigenvalue weighted by molar-refractivity contribution is 0.00578. The van der Waals surface area contributed by atoms with E-state index in [9.17, 15) is 4.39 Å². The smallest absolute Gasteiger partial charge is 0.494 e. The zero-order valence-electron chi connectivity index (χ0n) is 12.3. The summed E-state index contributed by atoms with van der Waals surface area (Å²) in [5.41, 5.74) is 0.231. The maximum Gasteiger partial charge on any atom is 0.498 e. The SMILES string of the molecule is COc1ccc(C)c(B2OC(C)(C)C(C)(C)O2)c1F. The van der Waals surface area contributed by atoms with Crippen LogP contribution in [0.25, 0.3) is 0 Å². The Morgan fingerprint density at radius 1 is 1.11 bits per heavy atom. The van der Waals surface area contributed by atoms with E-state index in [1.54, 1.807) is 6.07 Å². The highest BCUT2D eigenvalue weighted by Gasteiger charge is 2.53. The van der Waals surface area contributed by atoms with E-state index in [2.05, 4.69) is 0 Å². The number of hydrogen-bond acceptors (Lipinski definition) is 3. The molecular weight excluding hydrogens is 246 g/mol. The maximum absolute atomic E-state index is 14.4. The van der Waals surface area contributed by atoms with Crippen LogP contribution < -0.4 is 10.2 Å². The molecule has 0 saturated carbocycles. The lowest BCUT2D eigenvalue weighted by atomic mass is 9.75. The first-order valence-electron chi connectivity index (χ1n) is 6.38. The molecule has 1 saturated heterocycles. The zero-order chi connectivity index (χ0) is 14.4. The second-order valence-electron chi connectivity index (χ2n) is 5.90. The molecule has 0 radical (unpaired) electrons. The van der Waals surface area contributed by atoms with Crippen LogP contribution in [0.4, 0.5) is 4.39 Å². The van der Waals surface area contributed by atoms with Gasteiger partial charge in [0, 0.05) is 5.46 Å². The van der Waals surface area contributed by atoms with Crippen LogP contribution >= 0.6 is 0 Å². The molecule has 2 rings (SSSR count). The van der Waals surface area contributed by atoms with Crippen LogP contribution in [0.1, 0.15) is 33.3 Å². The fraction of sp³-hybridized carbons (Fsp3) is 0.571. The van der Waals surface area contributed by atoms with Crippen LogP contribution in [-0.2, 0) is 9.31 Å². The van der Waals surface area contributed by atoms with Gasteiger partial charge in [0.2, 0.25) is 0 Å². The Morgan fingerprint density at radius 2 is 1.63 bits per heavy atom. The van der Waals surface area contributed by atoms with E-state index in [1.165, 1.54) is 7.11 Å². The van der Waals surface area contributed by atoms with Gasteiger partial charge in [-0.15, -0.1) is 0 Å². The number of ether oxygens (including phenoxy) is 1. The highest BCUT2D eigenvalue weighted by Crippen LogP contribution is 2.37. The van der Waals surface area contributed by atoms with Gasteiger partial charge in [-0.25, -0.2) is 4.39 Å². The van der Waals surface area contributed by atoms with Gasteiger partial charge in [0.1, 0.15) is 0 Å². The summed E-state index contributed by atoms with van der Waals surface area (Å²) in [6.07, 6.45) is 0. The van der Waals surface area contributed by atoms with Crippen molar-refractivity contribution in [2.24, 2.45) is 0 Å². The fourth-order valence-electron chi connectivity index (χ4n) is 2.08. The molecule has 0 spiro atoms. The normalized spacial score (nSPS) is 20.7. The molecule has 5 heteroatoms. The molecule has 19 heavy (non-hydrogen) atoms. The van der Waals surface area contributed by atoms with Gasteiger partial charge in [-0.3, -0.25) is 0 Å². The highest BCUT2D eigenvalue weighted by atomic mass is 19.1. The second kappa shape index (κ2) is 4.49. The van der Waals surface area contributed by atoms with Crippen LogP contribution in [0.2, 0.25) is 0 Å². The number of halogens is 1. The van der Waals surface area contributed by atoms with Crippen molar-refractivity contribution in [3.05, 3.63) is 23.5 Å². The molecule has 0 aromatic heterocycles. The first-order chi connectivity index (χ1) is 8.69. The van der Waals surface area contributed by atoms with Crippen LogP contribution in [0.3, 0.4) is 0 Å². The Morgan fingerprint density at radius 3 is 2.11 bits per heavy atom. The number of aryl methyl sites for hydroxylation is 1. The monoisotopic (exact) mass is 266 g/mol. The quantitative estimate of drug-likeness (QED) is 0.769. The van der Waals surface area contributed by atoms with Gasteiger partial charge < -0.3 is 14.0 Å². The van der Waals surface area contributed by atoms with Crippen molar-refractivity contribution in [3.8, 4) is 5.75 Å². The Bertz CT molecular complexity index is 484. The fourth-order valence-corrected chi connectivity index (χ4v) is 2.08. The third-order valence-corrected chi connectivity index (χ3v) is 4.07. The van der Waals surface area contributed by atoms with Crippen LogP contribution in [0, 0.1) is 12.7 Å². The number of benzene rings is 1. The first-order valence-corrected chi connectivity index (χ1v) is 6.38. The largest absolute Gasteiger partial charge is 0.498 e. The van der Waals surface area contributed by atoms with Gasteiger partial charge in [0.25, 0.3) is 0 Å². The van der Waals surface area contributed by atoms with Crippen molar-refractivity contribution in [1.82, 2.24) is 0 Å². The molecule has 1 aromatic rings. The van der Waals surface area contributed by atoms with Crippen LogP contribution in [-0.4, -0.2) is 25.4 Å². The summed E-state index contributed by atoms with van der Waals surface area (Å²) in [5.74, 6) is -0.212. The lowest BCUT2D eigenvalue weighted by Gasteiger charge is -2.32. The van der Waals surface area contributed by atoms with Crippen LogP contribution in [0.15, 0.2) is 12.1 Å². The minimum absolute atomic E-state index is 0.204. The van der Waals surface area contributed by atoms with E-state index in [0.717, 1.165) is 5.56 Å². The summed E-state index contributed by atoms with van der Waals surface area (Å²) in [6.45, 7) is 9.62. The molecule has 0 N–H and O–H groups in total. The highest BCUT2D eigenvalue weighted by molar-refractivity contribution is 6.62. The molecule has 0 amide bonds. The topological polar surface area (TPSA) is 27.7 Å². The number of hydrogen-bond donors (Lipinski definition) is 0. The Labute approximate surface area is 114 Å². The summed E-state index contributed by atoms with van der Waals surface area (Å²) < 4.78 is 31.2. The van der Waals surface area contributed by atoms with E-state index in [-0.39, 0.29) is 5.75 Å². The van der Waals surface area contributed by atoms with Gasteiger partial charge in [-0.2, -0.15) is 0 Å². The van der Waals surface area contributed by atoms with E-state index < -0.39 is 24.1 Å². The van der Waals surface area contributed by atoms with Gasteiger partial charge in [0.05, 0.1) is 18.3 Å². The average Bonchev–Trinajstić information content (AvgIpc) is 2.48. The minimum Gasteiger partial charge on any atom is -0.494 e. The third kappa shape index (κ3) is 2.25. The summed E-state index contributed by atoms with van der Waals surface area (Å²) in [5, 5.41) is 0. The van der Waals surface area contributed by atoms with Gasteiger partial charge >= 0.3 is 7.12 Å². The molecule has 104 valence electrons. The summed E-state index contributed by atoms with van der Waals surface area (Å²) >= 11 is 0. The predicted molar refractivity (Wildman–Crippen MR) is 73.4 cm³/mol. The first kappa shape index (κ1) is 14.3. The van der Waals surface area contributed by atoms with Crippen molar-refractivity contribution in [3.63, 3.8) is 0 Å².